The number of hydrogen-bond acceptors (Lipinski definition) is 2. The molecule has 0 spiro atoms. The molecule has 1 aromatic heterocycles. The van der Waals surface area contributed by atoms with Gasteiger partial charge in [0.1, 0.15) is 0 Å². The molecule has 0 bridgehead atoms. The zero-order valence-corrected chi connectivity index (χ0v) is 9.56. The van der Waals surface area contributed by atoms with Crippen LogP contribution in [0.2, 0.25) is 0 Å². The standard InChI is InChI=1S/C15H14N2/c1-3-13-14(12-7-5-4-6-8-12)9-10-17-15(13)11(2)16/h3-10H,1-2,16H2. The van der Waals surface area contributed by atoms with E-state index in [4.69, 9.17) is 5.73 Å². The summed E-state index contributed by atoms with van der Waals surface area (Å²) in [4.78, 5) is 4.24. The van der Waals surface area contributed by atoms with Crippen LogP contribution in [0.1, 0.15) is 11.3 Å². The van der Waals surface area contributed by atoms with Gasteiger partial charge in [0.2, 0.25) is 0 Å². The van der Waals surface area contributed by atoms with E-state index in [1.54, 1.807) is 12.3 Å². The minimum atomic E-state index is 0.456. The molecule has 1 heterocycles. The van der Waals surface area contributed by atoms with Crippen molar-refractivity contribution in [2.45, 2.75) is 0 Å². The van der Waals surface area contributed by atoms with Gasteiger partial charge < -0.3 is 5.73 Å². The van der Waals surface area contributed by atoms with Crippen LogP contribution in [0.15, 0.2) is 55.8 Å². The molecule has 2 rings (SSSR count). The minimum absolute atomic E-state index is 0.456. The number of pyridine rings is 1. The van der Waals surface area contributed by atoms with Crippen LogP contribution in [-0.4, -0.2) is 4.98 Å². The van der Waals surface area contributed by atoms with Gasteiger partial charge in [-0.15, -0.1) is 0 Å². The first-order valence-electron chi connectivity index (χ1n) is 5.35. The van der Waals surface area contributed by atoms with Crippen molar-refractivity contribution < 1.29 is 0 Å². The molecule has 0 radical (unpaired) electrons. The molecule has 0 fully saturated rings. The predicted octanol–water partition coefficient (Wildman–Crippen LogP) is 3.32. The fourth-order valence-electron chi connectivity index (χ4n) is 1.81. The number of nitrogens with zero attached hydrogens (tertiary/aromatic N) is 1. The number of hydrogen-bond donors (Lipinski definition) is 1. The van der Waals surface area contributed by atoms with Gasteiger partial charge in [-0.1, -0.05) is 49.6 Å². The molecule has 2 aromatic rings. The Labute approximate surface area is 101 Å². The van der Waals surface area contributed by atoms with E-state index >= 15 is 0 Å². The highest BCUT2D eigenvalue weighted by atomic mass is 14.7. The molecule has 2 nitrogen and oxygen atoms in total. The van der Waals surface area contributed by atoms with Crippen LogP contribution in [0, 0.1) is 0 Å². The summed E-state index contributed by atoms with van der Waals surface area (Å²) in [5, 5.41) is 0. The van der Waals surface area contributed by atoms with Crippen molar-refractivity contribution in [2.75, 3.05) is 0 Å². The highest BCUT2D eigenvalue weighted by Gasteiger charge is 2.09. The average Bonchev–Trinajstić information content (AvgIpc) is 2.38. The second-order valence-electron chi connectivity index (χ2n) is 3.72. The maximum Gasteiger partial charge on any atom is 0.0930 e. The van der Waals surface area contributed by atoms with Crippen LogP contribution in [0.25, 0.3) is 22.9 Å². The fraction of sp³-hybridized carbons (Fsp3) is 0. The van der Waals surface area contributed by atoms with Crippen LogP contribution >= 0.6 is 0 Å². The molecule has 0 saturated heterocycles. The van der Waals surface area contributed by atoms with Crippen molar-refractivity contribution in [2.24, 2.45) is 5.73 Å². The van der Waals surface area contributed by atoms with Crippen LogP contribution in [-0.2, 0) is 0 Å². The lowest BCUT2D eigenvalue weighted by Gasteiger charge is -2.10. The Kier molecular flexibility index (Phi) is 3.06. The zero-order chi connectivity index (χ0) is 12.3. The van der Waals surface area contributed by atoms with Gasteiger partial charge in [-0.05, 0) is 17.2 Å². The average molecular weight is 222 g/mol. The summed E-state index contributed by atoms with van der Waals surface area (Å²) < 4.78 is 0. The third-order valence-electron chi connectivity index (χ3n) is 2.58. The molecule has 0 aliphatic carbocycles. The largest absolute Gasteiger partial charge is 0.397 e. The third-order valence-corrected chi connectivity index (χ3v) is 2.58. The van der Waals surface area contributed by atoms with E-state index in [2.05, 4.69) is 18.1 Å². The number of aromatic nitrogens is 1. The lowest BCUT2D eigenvalue weighted by molar-refractivity contribution is 1.25. The summed E-state index contributed by atoms with van der Waals surface area (Å²) in [5.74, 6) is 0. The Morgan fingerprint density at radius 1 is 1.18 bits per heavy atom. The van der Waals surface area contributed by atoms with Crippen LogP contribution in [0.5, 0.6) is 0 Å². The molecule has 0 unspecified atom stereocenters. The van der Waals surface area contributed by atoms with Crippen molar-refractivity contribution in [1.82, 2.24) is 4.98 Å². The first-order valence-corrected chi connectivity index (χ1v) is 5.35. The highest BCUT2D eigenvalue weighted by Crippen LogP contribution is 2.27. The maximum atomic E-state index is 5.73. The van der Waals surface area contributed by atoms with Crippen molar-refractivity contribution in [3.05, 3.63) is 67.0 Å². The molecule has 0 amide bonds. The summed E-state index contributed by atoms with van der Waals surface area (Å²) in [7, 11) is 0. The SMILES string of the molecule is C=Cc1c(-c2ccccc2)ccnc1C(=C)N. The molecule has 17 heavy (non-hydrogen) atoms. The highest BCUT2D eigenvalue weighted by molar-refractivity contribution is 5.81. The Morgan fingerprint density at radius 2 is 1.88 bits per heavy atom. The van der Waals surface area contributed by atoms with Crippen molar-refractivity contribution in [3.63, 3.8) is 0 Å². The monoisotopic (exact) mass is 222 g/mol. The first-order chi connectivity index (χ1) is 8.24. The van der Waals surface area contributed by atoms with Gasteiger partial charge in [-0.2, -0.15) is 0 Å². The van der Waals surface area contributed by atoms with Crippen molar-refractivity contribution in [3.8, 4) is 11.1 Å². The molecular weight excluding hydrogens is 208 g/mol. The molecule has 84 valence electrons. The van der Waals surface area contributed by atoms with Gasteiger partial charge in [0, 0.05) is 11.8 Å². The van der Waals surface area contributed by atoms with E-state index in [0.29, 0.717) is 11.4 Å². The van der Waals surface area contributed by atoms with Crippen molar-refractivity contribution in [1.29, 1.82) is 0 Å². The lowest BCUT2D eigenvalue weighted by atomic mass is 9.98. The summed E-state index contributed by atoms with van der Waals surface area (Å²) in [5.41, 5.74) is 9.99. The topological polar surface area (TPSA) is 38.9 Å². The van der Waals surface area contributed by atoms with Gasteiger partial charge in [-0.25, -0.2) is 0 Å². The van der Waals surface area contributed by atoms with E-state index in [1.165, 1.54) is 0 Å². The summed E-state index contributed by atoms with van der Waals surface area (Å²) in [6, 6.07) is 12.0. The van der Waals surface area contributed by atoms with Gasteiger partial charge in [0.15, 0.2) is 0 Å². The van der Waals surface area contributed by atoms with E-state index in [0.717, 1.165) is 16.7 Å². The second-order valence-corrected chi connectivity index (χ2v) is 3.72. The Balaban J connectivity index is 2.67. The van der Waals surface area contributed by atoms with Crippen molar-refractivity contribution >= 4 is 11.8 Å². The van der Waals surface area contributed by atoms with Crippen LogP contribution in [0.4, 0.5) is 0 Å². The summed E-state index contributed by atoms with van der Waals surface area (Å²) >= 11 is 0. The lowest BCUT2D eigenvalue weighted by Crippen LogP contribution is -2.01. The summed E-state index contributed by atoms with van der Waals surface area (Å²) in [6.45, 7) is 7.56. The van der Waals surface area contributed by atoms with Crippen LogP contribution < -0.4 is 5.73 Å². The molecule has 0 aliphatic heterocycles. The number of benzene rings is 1. The Morgan fingerprint density at radius 3 is 2.47 bits per heavy atom. The number of nitrogens with two attached hydrogens (primary N) is 1. The molecule has 0 atom stereocenters. The fourth-order valence-corrected chi connectivity index (χ4v) is 1.81. The zero-order valence-electron chi connectivity index (χ0n) is 9.56. The van der Waals surface area contributed by atoms with Crippen LogP contribution in [0.3, 0.4) is 0 Å². The quantitative estimate of drug-likeness (QED) is 0.865. The second kappa shape index (κ2) is 4.66. The van der Waals surface area contributed by atoms with Gasteiger partial charge in [0.25, 0.3) is 0 Å². The van der Waals surface area contributed by atoms with E-state index in [-0.39, 0.29) is 0 Å². The smallest absolute Gasteiger partial charge is 0.0930 e. The Bertz CT molecular complexity index is 556. The van der Waals surface area contributed by atoms with Gasteiger partial charge >= 0.3 is 0 Å². The molecule has 1 aromatic carbocycles. The van der Waals surface area contributed by atoms with E-state index in [1.807, 2.05) is 36.4 Å². The molecule has 0 saturated carbocycles. The maximum absolute atomic E-state index is 5.73. The summed E-state index contributed by atoms with van der Waals surface area (Å²) in [6.07, 6.45) is 3.51. The normalized spacial score (nSPS) is 9.88. The molecule has 0 aliphatic rings. The van der Waals surface area contributed by atoms with Gasteiger partial charge in [-0.3, -0.25) is 4.98 Å². The molecule has 2 heteroatoms. The predicted molar refractivity (Wildman–Crippen MR) is 73.0 cm³/mol. The third kappa shape index (κ3) is 2.11. The molecular formula is C15H14N2. The first kappa shape index (κ1) is 11.1. The minimum Gasteiger partial charge on any atom is -0.397 e. The number of rotatable bonds is 3. The van der Waals surface area contributed by atoms with E-state index in [9.17, 15) is 0 Å². The molecule has 2 N–H and O–H groups in total. The van der Waals surface area contributed by atoms with E-state index < -0.39 is 0 Å². The Hall–Kier alpha value is -2.35. The van der Waals surface area contributed by atoms with Gasteiger partial charge in [0.05, 0.1) is 11.4 Å².